The van der Waals surface area contributed by atoms with Crippen LogP contribution in [0.2, 0.25) is 0 Å². The van der Waals surface area contributed by atoms with Crippen molar-refractivity contribution in [2.45, 2.75) is 93.9 Å². The smallest absolute Gasteiger partial charge is 0.256 e. The number of rotatable bonds is 2. The molecule has 30 heavy (non-hydrogen) atoms. The first-order valence-electron chi connectivity index (χ1n) is 10.8. The maximum absolute atomic E-state index is 12.8. The first-order chi connectivity index (χ1) is 13.5. The van der Waals surface area contributed by atoms with Crippen LogP contribution in [0.1, 0.15) is 99.9 Å². The third-order valence-electron chi connectivity index (χ3n) is 5.41. The van der Waals surface area contributed by atoms with Crippen molar-refractivity contribution in [2.75, 3.05) is 0 Å². The molecule has 1 heterocycles. The van der Waals surface area contributed by atoms with E-state index in [0.717, 1.165) is 17.8 Å². The Kier molecular flexibility index (Phi) is 14.2. The molecular weight excluding hydrogens is 551 g/mol. The van der Waals surface area contributed by atoms with Gasteiger partial charge in [0.25, 0.3) is 5.56 Å². The first kappa shape index (κ1) is 30.8. The van der Waals surface area contributed by atoms with Crippen molar-refractivity contribution in [2.24, 2.45) is 13.0 Å². The van der Waals surface area contributed by atoms with Crippen molar-refractivity contribution in [1.29, 1.82) is 0 Å². The minimum absolute atomic E-state index is 0. The van der Waals surface area contributed by atoms with Crippen molar-refractivity contribution in [1.82, 2.24) is 9.55 Å². The Morgan fingerprint density at radius 1 is 1.13 bits per heavy atom. The number of hydrogen-bond donors (Lipinski definition) is 0. The molecule has 4 heteroatoms. The molecule has 1 aromatic heterocycles. The fourth-order valence-corrected chi connectivity index (χ4v) is 3.59. The molecule has 0 saturated heterocycles. The molecule has 0 aromatic carbocycles. The SMILES string of the molecule is CC.CC#CC.CCC1=C(C)C(C)C=C(C)C1c1ncc(C(C)(C)C)c(=O)n1C.[Pt]. The quantitative estimate of drug-likeness (QED) is 0.289. The van der Waals surface area contributed by atoms with Gasteiger partial charge in [0.05, 0.1) is 5.92 Å². The molecule has 0 bridgehead atoms. The average molecular weight is 594 g/mol. The van der Waals surface area contributed by atoms with E-state index in [4.69, 9.17) is 4.98 Å². The third-order valence-corrected chi connectivity index (χ3v) is 5.41. The molecule has 2 rings (SSSR count). The van der Waals surface area contributed by atoms with Crippen LogP contribution < -0.4 is 5.56 Å². The average Bonchev–Trinajstić information content (AvgIpc) is 2.67. The van der Waals surface area contributed by atoms with Gasteiger partial charge in [-0.3, -0.25) is 9.36 Å². The van der Waals surface area contributed by atoms with Crippen molar-refractivity contribution in [3.63, 3.8) is 0 Å². The van der Waals surface area contributed by atoms with Gasteiger partial charge in [-0.2, -0.15) is 0 Å². The zero-order chi connectivity index (χ0) is 22.9. The first-order valence-corrected chi connectivity index (χ1v) is 10.8. The van der Waals surface area contributed by atoms with Gasteiger partial charge in [0.2, 0.25) is 0 Å². The Balaban J connectivity index is 0. The number of nitrogens with zero attached hydrogens (tertiary/aromatic N) is 2. The second-order valence-corrected chi connectivity index (χ2v) is 8.34. The van der Waals surface area contributed by atoms with Gasteiger partial charge in [-0.25, -0.2) is 4.98 Å². The molecular formula is C26H42N2OPt. The van der Waals surface area contributed by atoms with Crippen molar-refractivity contribution in [3.8, 4) is 11.8 Å². The summed E-state index contributed by atoms with van der Waals surface area (Å²) in [6.45, 7) is 22.6. The minimum Gasteiger partial charge on any atom is -0.299 e. The minimum atomic E-state index is -0.189. The summed E-state index contributed by atoms with van der Waals surface area (Å²) in [5.41, 5.74) is 4.77. The Morgan fingerprint density at radius 3 is 2.03 bits per heavy atom. The van der Waals surface area contributed by atoms with E-state index in [1.807, 2.05) is 34.7 Å². The van der Waals surface area contributed by atoms with E-state index < -0.39 is 0 Å². The fourth-order valence-electron chi connectivity index (χ4n) is 3.59. The molecule has 2 unspecified atom stereocenters. The maximum atomic E-state index is 12.8. The predicted octanol–water partition coefficient (Wildman–Crippen LogP) is 6.54. The number of aromatic nitrogens is 2. The van der Waals surface area contributed by atoms with Gasteiger partial charge < -0.3 is 0 Å². The van der Waals surface area contributed by atoms with E-state index in [2.05, 4.69) is 66.4 Å². The molecule has 0 amide bonds. The van der Waals surface area contributed by atoms with E-state index in [-0.39, 0.29) is 38.0 Å². The molecule has 0 saturated carbocycles. The van der Waals surface area contributed by atoms with Crippen LogP contribution in [0, 0.1) is 17.8 Å². The van der Waals surface area contributed by atoms with E-state index in [1.165, 1.54) is 16.7 Å². The topological polar surface area (TPSA) is 34.9 Å². The second kappa shape index (κ2) is 13.8. The molecule has 2 atom stereocenters. The molecule has 3 nitrogen and oxygen atoms in total. The molecule has 0 fully saturated rings. The van der Waals surface area contributed by atoms with Crippen molar-refractivity contribution < 1.29 is 21.1 Å². The molecule has 1 aliphatic carbocycles. The monoisotopic (exact) mass is 593 g/mol. The summed E-state index contributed by atoms with van der Waals surface area (Å²) < 4.78 is 1.75. The fraction of sp³-hybridized carbons (Fsp3) is 0.615. The van der Waals surface area contributed by atoms with Crippen LogP contribution in [-0.2, 0) is 33.5 Å². The normalized spacial score (nSPS) is 17.8. The van der Waals surface area contributed by atoms with E-state index in [0.29, 0.717) is 5.92 Å². The van der Waals surface area contributed by atoms with Crippen LogP contribution in [0.25, 0.3) is 0 Å². The van der Waals surface area contributed by atoms with Crippen LogP contribution >= 0.6 is 0 Å². The predicted molar refractivity (Wildman–Crippen MR) is 127 cm³/mol. The van der Waals surface area contributed by atoms with E-state index in [1.54, 1.807) is 10.8 Å². The van der Waals surface area contributed by atoms with Gasteiger partial charge in [-0.05, 0) is 45.4 Å². The Hall–Kier alpha value is -1.39. The number of allylic oxidation sites excluding steroid dienone is 4. The maximum Gasteiger partial charge on any atom is 0.256 e. The summed E-state index contributed by atoms with van der Waals surface area (Å²) in [4.78, 5) is 17.5. The van der Waals surface area contributed by atoms with Crippen LogP contribution in [-0.4, -0.2) is 9.55 Å². The zero-order valence-corrected chi connectivity index (χ0v) is 23.4. The second-order valence-electron chi connectivity index (χ2n) is 8.34. The van der Waals surface area contributed by atoms with E-state index >= 15 is 0 Å². The molecule has 1 aromatic rings. The van der Waals surface area contributed by atoms with Crippen molar-refractivity contribution in [3.05, 3.63) is 50.7 Å². The van der Waals surface area contributed by atoms with Crippen LogP contribution in [0.15, 0.2) is 33.8 Å². The van der Waals surface area contributed by atoms with Gasteiger partial charge >= 0.3 is 0 Å². The van der Waals surface area contributed by atoms with Gasteiger partial charge in [0.1, 0.15) is 5.82 Å². The summed E-state index contributed by atoms with van der Waals surface area (Å²) in [6, 6.07) is 0. The summed E-state index contributed by atoms with van der Waals surface area (Å²) in [5, 5.41) is 0. The van der Waals surface area contributed by atoms with Crippen LogP contribution in [0.5, 0.6) is 0 Å². The van der Waals surface area contributed by atoms with Crippen molar-refractivity contribution >= 4 is 0 Å². The van der Waals surface area contributed by atoms with Gasteiger partial charge in [-0.15, -0.1) is 11.8 Å². The Bertz CT molecular complexity index is 852. The standard InChI is InChI=1S/C20H30N2O.C4H6.C2H6.Pt/c1-9-15-14(4)12(2)10-13(3)17(15)18-21-11-16(20(5,6)7)19(23)22(18)8;1-3-4-2;1-2;/h10-12,17H,9H2,1-8H3;1-2H3;1-2H3;. The summed E-state index contributed by atoms with van der Waals surface area (Å²) in [6.07, 6.45) is 5.08. The van der Waals surface area contributed by atoms with E-state index in [9.17, 15) is 4.79 Å². The van der Waals surface area contributed by atoms with Crippen LogP contribution in [0.3, 0.4) is 0 Å². The molecule has 172 valence electrons. The zero-order valence-electron chi connectivity index (χ0n) is 21.1. The van der Waals surface area contributed by atoms with Gasteiger partial charge in [0, 0.05) is 39.9 Å². The molecule has 0 N–H and O–H groups in total. The largest absolute Gasteiger partial charge is 0.299 e. The van der Waals surface area contributed by atoms with Crippen LogP contribution in [0.4, 0.5) is 0 Å². The van der Waals surface area contributed by atoms with Gasteiger partial charge in [-0.1, -0.05) is 71.3 Å². The molecule has 0 radical (unpaired) electrons. The molecule has 0 aliphatic heterocycles. The number of hydrogen-bond acceptors (Lipinski definition) is 2. The molecule has 0 spiro atoms. The Morgan fingerprint density at radius 2 is 1.63 bits per heavy atom. The summed E-state index contributed by atoms with van der Waals surface area (Å²) in [7, 11) is 1.85. The summed E-state index contributed by atoms with van der Waals surface area (Å²) >= 11 is 0. The Labute approximate surface area is 199 Å². The molecule has 1 aliphatic rings. The van der Waals surface area contributed by atoms with Gasteiger partial charge in [0.15, 0.2) is 0 Å². The summed E-state index contributed by atoms with van der Waals surface area (Å²) in [5.74, 6) is 6.81. The third kappa shape index (κ3) is 7.39.